The highest BCUT2D eigenvalue weighted by molar-refractivity contribution is 6.01. The van der Waals surface area contributed by atoms with Crippen LogP contribution in [-0.4, -0.2) is 60.4 Å². The minimum absolute atomic E-state index is 0.0528. The first-order valence-corrected chi connectivity index (χ1v) is 6.52. The van der Waals surface area contributed by atoms with Crippen LogP contribution in [0.5, 0.6) is 0 Å². The van der Waals surface area contributed by atoms with Crippen LogP contribution in [0.4, 0.5) is 0 Å². The Bertz CT molecular complexity index is 300. The Morgan fingerprint density at radius 3 is 2.59 bits per heavy atom. The summed E-state index contributed by atoms with van der Waals surface area (Å²) in [4.78, 5) is 27.4. The van der Waals surface area contributed by atoms with Gasteiger partial charge in [-0.05, 0) is 32.4 Å². The van der Waals surface area contributed by atoms with Crippen molar-refractivity contribution in [1.82, 2.24) is 15.1 Å². The van der Waals surface area contributed by atoms with Crippen LogP contribution in [0.2, 0.25) is 0 Å². The molecule has 1 unspecified atom stereocenters. The summed E-state index contributed by atoms with van der Waals surface area (Å²) in [6, 6.07) is -0.175. The number of nitrogens with zero attached hydrogens (tertiary/aromatic N) is 2. The molecule has 0 bridgehead atoms. The van der Waals surface area contributed by atoms with Crippen molar-refractivity contribution < 1.29 is 9.59 Å². The molecule has 2 aliphatic rings. The van der Waals surface area contributed by atoms with Gasteiger partial charge in [0.15, 0.2) is 0 Å². The smallest absolute Gasteiger partial charge is 0.246 e. The standard InChI is InChI=1S/C12H21N3O2/c1-2-10-12(17)15(11(16)9-13-10)8-7-14-5-3-4-6-14/h10,13H,2-9H2,1H3. The molecular formula is C12H21N3O2. The van der Waals surface area contributed by atoms with Gasteiger partial charge >= 0.3 is 0 Å². The highest BCUT2D eigenvalue weighted by Gasteiger charge is 2.32. The molecule has 0 spiro atoms. The monoisotopic (exact) mass is 239 g/mol. The molecule has 2 heterocycles. The third-order valence-corrected chi connectivity index (χ3v) is 3.61. The molecule has 2 aliphatic heterocycles. The zero-order chi connectivity index (χ0) is 12.3. The van der Waals surface area contributed by atoms with E-state index in [1.165, 1.54) is 17.7 Å². The lowest BCUT2D eigenvalue weighted by molar-refractivity contribution is -0.149. The molecule has 0 aromatic rings. The third-order valence-electron chi connectivity index (χ3n) is 3.61. The van der Waals surface area contributed by atoms with E-state index in [4.69, 9.17) is 0 Å². The van der Waals surface area contributed by atoms with Gasteiger partial charge in [0.25, 0.3) is 0 Å². The van der Waals surface area contributed by atoms with Crippen molar-refractivity contribution in [3.63, 3.8) is 0 Å². The summed E-state index contributed by atoms with van der Waals surface area (Å²) in [5.41, 5.74) is 0. The molecule has 17 heavy (non-hydrogen) atoms. The summed E-state index contributed by atoms with van der Waals surface area (Å²) in [7, 11) is 0. The molecular weight excluding hydrogens is 218 g/mol. The fraction of sp³-hybridized carbons (Fsp3) is 0.833. The zero-order valence-corrected chi connectivity index (χ0v) is 10.4. The number of likely N-dealkylation sites (tertiary alicyclic amines) is 1. The second-order valence-electron chi connectivity index (χ2n) is 4.77. The molecule has 1 N–H and O–H groups in total. The van der Waals surface area contributed by atoms with Crippen molar-refractivity contribution in [1.29, 1.82) is 0 Å². The first-order chi connectivity index (χ1) is 8.22. The van der Waals surface area contributed by atoms with Crippen LogP contribution in [0, 0.1) is 0 Å². The van der Waals surface area contributed by atoms with E-state index in [0.717, 1.165) is 26.1 Å². The van der Waals surface area contributed by atoms with Gasteiger partial charge in [-0.3, -0.25) is 19.8 Å². The Morgan fingerprint density at radius 1 is 1.24 bits per heavy atom. The zero-order valence-electron chi connectivity index (χ0n) is 10.4. The molecule has 0 saturated carbocycles. The fourth-order valence-electron chi connectivity index (χ4n) is 2.51. The minimum atomic E-state index is -0.175. The van der Waals surface area contributed by atoms with Crippen LogP contribution in [0.25, 0.3) is 0 Å². The van der Waals surface area contributed by atoms with E-state index < -0.39 is 0 Å². The number of hydrogen-bond acceptors (Lipinski definition) is 4. The summed E-state index contributed by atoms with van der Waals surface area (Å²) in [5, 5.41) is 2.97. The molecule has 2 saturated heterocycles. The molecule has 1 atom stereocenters. The number of carbonyl (C=O) groups is 2. The maximum atomic E-state index is 12.0. The van der Waals surface area contributed by atoms with Crippen molar-refractivity contribution in [2.45, 2.75) is 32.2 Å². The lowest BCUT2D eigenvalue weighted by Gasteiger charge is -2.32. The average Bonchev–Trinajstić information content (AvgIpc) is 2.82. The van der Waals surface area contributed by atoms with Crippen molar-refractivity contribution in [2.24, 2.45) is 0 Å². The van der Waals surface area contributed by atoms with E-state index in [-0.39, 0.29) is 17.9 Å². The quantitative estimate of drug-likeness (QED) is 0.691. The Kier molecular flexibility index (Phi) is 4.12. The van der Waals surface area contributed by atoms with Gasteiger partial charge in [0.2, 0.25) is 11.8 Å². The minimum Gasteiger partial charge on any atom is -0.302 e. The van der Waals surface area contributed by atoms with Crippen molar-refractivity contribution in [2.75, 3.05) is 32.7 Å². The second kappa shape index (κ2) is 5.60. The van der Waals surface area contributed by atoms with Gasteiger partial charge in [-0.2, -0.15) is 0 Å². The van der Waals surface area contributed by atoms with Crippen molar-refractivity contribution >= 4 is 11.8 Å². The van der Waals surface area contributed by atoms with Crippen LogP contribution < -0.4 is 5.32 Å². The highest BCUT2D eigenvalue weighted by Crippen LogP contribution is 2.09. The number of imide groups is 1. The maximum absolute atomic E-state index is 12.0. The summed E-state index contributed by atoms with van der Waals surface area (Å²) in [6.45, 7) is 5.84. The molecule has 96 valence electrons. The second-order valence-corrected chi connectivity index (χ2v) is 4.77. The Balaban J connectivity index is 1.87. The number of hydrogen-bond donors (Lipinski definition) is 1. The van der Waals surface area contributed by atoms with Gasteiger partial charge < -0.3 is 4.90 Å². The summed E-state index contributed by atoms with van der Waals surface area (Å²) >= 11 is 0. The van der Waals surface area contributed by atoms with Crippen LogP contribution >= 0.6 is 0 Å². The first kappa shape index (κ1) is 12.5. The van der Waals surface area contributed by atoms with Gasteiger partial charge in [-0.15, -0.1) is 0 Å². The molecule has 2 fully saturated rings. The largest absolute Gasteiger partial charge is 0.302 e. The van der Waals surface area contributed by atoms with Gasteiger partial charge in [-0.25, -0.2) is 0 Å². The molecule has 2 rings (SSSR count). The van der Waals surface area contributed by atoms with E-state index in [1.807, 2.05) is 6.92 Å². The van der Waals surface area contributed by atoms with Crippen LogP contribution in [0.3, 0.4) is 0 Å². The lowest BCUT2D eigenvalue weighted by atomic mass is 10.1. The Morgan fingerprint density at radius 2 is 1.94 bits per heavy atom. The first-order valence-electron chi connectivity index (χ1n) is 6.52. The van der Waals surface area contributed by atoms with E-state index >= 15 is 0 Å². The van der Waals surface area contributed by atoms with Crippen LogP contribution in [0.1, 0.15) is 26.2 Å². The van der Waals surface area contributed by atoms with Gasteiger partial charge in [-0.1, -0.05) is 6.92 Å². The predicted octanol–water partition coefficient (Wildman–Crippen LogP) is -0.181. The molecule has 0 aromatic carbocycles. The predicted molar refractivity (Wildman–Crippen MR) is 64.5 cm³/mol. The molecule has 5 nitrogen and oxygen atoms in total. The third kappa shape index (κ3) is 2.84. The lowest BCUT2D eigenvalue weighted by Crippen LogP contribution is -2.58. The number of amides is 2. The van der Waals surface area contributed by atoms with Crippen molar-refractivity contribution in [3.8, 4) is 0 Å². The summed E-state index contributed by atoms with van der Waals surface area (Å²) in [5.74, 6) is -0.137. The number of rotatable bonds is 4. The summed E-state index contributed by atoms with van der Waals surface area (Å²) in [6.07, 6.45) is 3.22. The van der Waals surface area contributed by atoms with Gasteiger partial charge in [0.05, 0.1) is 12.6 Å². The van der Waals surface area contributed by atoms with Gasteiger partial charge in [0.1, 0.15) is 0 Å². The van der Waals surface area contributed by atoms with Crippen LogP contribution in [0.15, 0.2) is 0 Å². The Labute approximate surface area is 102 Å². The van der Waals surface area contributed by atoms with E-state index in [1.54, 1.807) is 0 Å². The number of carbonyl (C=O) groups excluding carboxylic acids is 2. The number of piperazine rings is 1. The molecule has 0 radical (unpaired) electrons. The van der Waals surface area contributed by atoms with Crippen molar-refractivity contribution in [3.05, 3.63) is 0 Å². The average molecular weight is 239 g/mol. The van der Waals surface area contributed by atoms with Crippen LogP contribution in [-0.2, 0) is 9.59 Å². The van der Waals surface area contributed by atoms with E-state index in [9.17, 15) is 9.59 Å². The topological polar surface area (TPSA) is 52.7 Å². The highest BCUT2D eigenvalue weighted by atomic mass is 16.2. The Hall–Kier alpha value is -0.940. The SMILES string of the molecule is CCC1NCC(=O)N(CCN2CCCC2)C1=O. The summed E-state index contributed by atoms with van der Waals surface area (Å²) < 4.78 is 0. The molecule has 0 aromatic heterocycles. The molecule has 2 amide bonds. The van der Waals surface area contributed by atoms with Gasteiger partial charge in [0, 0.05) is 13.1 Å². The normalized spacial score (nSPS) is 26.9. The number of nitrogens with one attached hydrogen (secondary N) is 1. The van der Waals surface area contributed by atoms with E-state index in [2.05, 4.69) is 10.2 Å². The fourth-order valence-corrected chi connectivity index (χ4v) is 2.51. The maximum Gasteiger partial charge on any atom is 0.246 e. The molecule has 5 heteroatoms. The van der Waals surface area contributed by atoms with E-state index in [0.29, 0.717) is 13.1 Å². The molecule has 0 aliphatic carbocycles.